The molecule has 0 aliphatic carbocycles. The maximum Gasteiger partial charge on any atom is 0.0846 e. The Morgan fingerprint density at radius 1 is 0.808 bits per heavy atom. The molecular formula is C21H15Cl3N2. The molecule has 130 valence electrons. The highest BCUT2D eigenvalue weighted by Gasteiger charge is 2.31. The maximum atomic E-state index is 6.50. The molecule has 0 amide bonds. The van der Waals surface area contributed by atoms with Crippen LogP contribution >= 0.6 is 34.8 Å². The molecule has 3 aromatic rings. The third-order valence-electron chi connectivity index (χ3n) is 4.43. The third kappa shape index (κ3) is 3.45. The minimum absolute atomic E-state index is 0.00726. The first-order chi connectivity index (χ1) is 12.6. The highest BCUT2D eigenvalue weighted by molar-refractivity contribution is 6.35. The summed E-state index contributed by atoms with van der Waals surface area (Å²) in [6.45, 7) is 0. The summed E-state index contributed by atoms with van der Waals surface area (Å²) in [5, 5.41) is 8.91. The van der Waals surface area contributed by atoms with Crippen molar-refractivity contribution in [1.82, 2.24) is 0 Å². The van der Waals surface area contributed by atoms with E-state index in [1.807, 2.05) is 71.7 Å². The maximum absolute atomic E-state index is 6.50. The minimum Gasteiger partial charge on any atom is -0.257 e. The van der Waals surface area contributed by atoms with Gasteiger partial charge in [0.1, 0.15) is 0 Å². The van der Waals surface area contributed by atoms with Gasteiger partial charge < -0.3 is 0 Å². The topological polar surface area (TPSA) is 15.6 Å². The lowest BCUT2D eigenvalue weighted by Crippen LogP contribution is -2.18. The molecule has 3 aromatic carbocycles. The van der Waals surface area contributed by atoms with Crippen molar-refractivity contribution in [2.45, 2.75) is 12.5 Å². The summed E-state index contributed by atoms with van der Waals surface area (Å²) in [5.74, 6) is 0. The molecule has 1 aliphatic heterocycles. The first-order valence-electron chi connectivity index (χ1n) is 8.24. The summed E-state index contributed by atoms with van der Waals surface area (Å²) in [7, 11) is 0. The van der Waals surface area contributed by atoms with Crippen molar-refractivity contribution in [2.24, 2.45) is 5.10 Å². The van der Waals surface area contributed by atoms with E-state index in [-0.39, 0.29) is 6.04 Å². The molecule has 2 nitrogen and oxygen atoms in total. The first-order valence-corrected chi connectivity index (χ1v) is 9.38. The zero-order valence-electron chi connectivity index (χ0n) is 13.7. The SMILES string of the molecule is Clc1ccc(C2=NN(c3ccccc3)[C@H](c3ccc(Cl)cc3Cl)C2)cc1. The lowest BCUT2D eigenvalue weighted by Gasteiger charge is -2.24. The van der Waals surface area contributed by atoms with Crippen LogP contribution in [0.15, 0.2) is 77.9 Å². The predicted octanol–water partition coefficient (Wildman–Crippen LogP) is 7.00. The summed E-state index contributed by atoms with van der Waals surface area (Å²) >= 11 is 18.6. The van der Waals surface area contributed by atoms with Crippen molar-refractivity contribution in [1.29, 1.82) is 0 Å². The highest BCUT2D eigenvalue weighted by atomic mass is 35.5. The first kappa shape index (κ1) is 17.4. The van der Waals surface area contributed by atoms with Gasteiger partial charge in [-0.1, -0.05) is 71.2 Å². The predicted molar refractivity (Wildman–Crippen MR) is 111 cm³/mol. The Balaban J connectivity index is 1.77. The van der Waals surface area contributed by atoms with Gasteiger partial charge in [-0.3, -0.25) is 5.01 Å². The van der Waals surface area contributed by atoms with Gasteiger partial charge in [0.05, 0.1) is 17.4 Å². The number of hydrogen-bond donors (Lipinski definition) is 0. The Labute approximate surface area is 167 Å². The number of anilines is 1. The van der Waals surface area contributed by atoms with E-state index in [1.165, 1.54) is 0 Å². The molecule has 0 bridgehead atoms. The molecule has 1 atom stereocenters. The molecule has 0 fully saturated rings. The van der Waals surface area contributed by atoms with Crippen molar-refractivity contribution in [3.8, 4) is 0 Å². The number of hydrazone groups is 1. The van der Waals surface area contributed by atoms with Crippen LogP contribution in [0.25, 0.3) is 0 Å². The largest absolute Gasteiger partial charge is 0.257 e. The molecule has 0 saturated carbocycles. The quantitative estimate of drug-likeness (QED) is 0.461. The molecule has 0 saturated heterocycles. The lowest BCUT2D eigenvalue weighted by atomic mass is 9.98. The summed E-state index contributed by atoms with van der Waals surface area (Å²) in [4.78, 5) is 0. The van der Waals surface area contributed by atoms with Gasteiger partial charge >= 0.3 is 0 Å². The summed E-state index contributed by atoms with van der Waals surface area (Å²) in [6, 6.07) is 23.5. The smallest absolute Gasteiger partial charge is 0.0846 e. The van der Waals surface area contributed by atoms with Crippen LogP contribution in [0, 0.1) is 0 Å². The Hall–Kier alpha value is -2.00. The number of halogens is 3. The van der Waals surface area contributed by atoms with E-state index < -0.39 is 0 Å². The van der Waals surface area contributed by atoms with Gasteiger partial charge in [-0.05, 0) is 47.5 Å². The summed E-state index contributed by atoms with van der Waals surface area (Å²) < 4.78 is 0. The van der Waals surface area contributed by atoms with Gasteiger partial charge in [-0.2, -0.15) is 5.10 Å². The molecule has 0 aromatic heterocycles. The lowest BCUT2D eigenvalue weighted by molar-refractivity contribution is 0.709. The van der Waals surface area contributed by atoms with Gasteiger partial charge in [0, 0.05) is 21.5 Å². The van der Waals surface area contributed by atoms with E-state index in [1.54, 1.807) is 6.07 Å². The van der Waals surface area contributed by atoms with E-state index in [4.69, 9.17) is 39.9 Å². The van der Waals surface area contributed by atoms with Crippen LogP contribution in [-0.2, 0) is 0 Å². The van der Waals surface area contributed by atoms with Gasteiger partial charge in [0.2, 0.25) is 0 Å². The Morgan fingerprint density at radius 2 is 1.50 bits per heavy atom. The third-order valence-corrected chi connectivity index (χ3v) is 5.24. The van der Waals surface area contributed by atoms with E-state index in [9.17, 15) is 0 Å². The molecule has 26 heavy (non-hydrogen) atoms. The molecule has 0 spiro atoms. The monoisotopic (exact) mass is 400 g/mol. The van der Waals surface area contributed by atoms with Crippen molar-refractivity contribution >= 4 is 46.2 Å². The molecule has 4 rings (SSSR count). The average molecular weight is 402 g/mol. The van der Waals surface area contributed by atoms with Gasteiger partial charge in [-0.25, -0.2) is 0 Å². The fourth-order valence-electron chi connectivity index (χ4n) is 3.16. The number of hydrogen-bond acceptors (Lipinski definition) is 2. The fourth-order valence-corrected chi connectivity index (χ4v) is 3.82. The second-order valence-corrected chi connectivity index (χ2v) is 7.40. The minimum atomic E-state index is 0.00726. The van der Waals surface area contributed by atoms with Gasteiger partial charge in [0.15, 0.2) is 0 Å². The summed E-state index contributed by atoms with van der Waals surface area (Å²) in [5.41, 5.74) is 4.09. The Morgan fingerprint density at radius 3 is 2.19 bits per heavy atom. The molecule has 5 heteroatoms. The molecule has 0 unspecified atom stereocenters. The highest BCUT2D eigenvalue weighted by Crippen LogP contribution is 2.40. The summed E-state index contributed by atoms with van der Waals surface area (Å²) in [6.07, 6.45) is 0.748. The molecule has 0 radical (unpaired) electrons. The van der Waals surface area contributed by atoms with Crippen LogP contribution in [0.3, 0.4) is 0 Å². The number of rotatable bonds is 3. The molecule has 1 heterocycles. The van der Waals surface area contributed by atoms with E-state index >= 15 is 0 Å². The zero-order chi connectivity index (χ0) is 18.1. The van der Waals surface area contributed by atoms with Crippen molar-refractivity contribution in [3.05, 3.63) is 99.0 Å². The van der Waals surface area contributed by atoms with Crippen molar-refractivity contribution in [2.75, 3.05) is 5.01 Å². The molecular weight excluding hydrogens is 387 g/mol. The van der Waals surface area contributed by atoms with E-state index in [2.05, 4.69) is 0 Å². The second-order valence-electron chi connectivity index (χ2n) is 6.12. The normalized spacial score (nSPS) is 16.7. The average Bonchev–Trinajstić information content (AvgIpc) is 3.08. The van der Waals surface area contributed by atoms with Crippen LogP contribution in [0.1, 0.15) is 23.6 Å². The van der Waals surface area contributed by atoms with Crippen LogP contribution in [0.4, 0.5) is 5.69 Å². The van der Waals surface area contributed by atoms with E-state index in [0.29, 0.717) is 15.1 Å². The second kappa shape index (κ2) is 7.32. The van der Waals surface area contributed by atoms with Crippen LogP contribution in [-0.4, -0.2) is 5.71 Å². The number of nitrogens with zero attached hydrogens (tertiary/aromatic N) is 2. The fraction of sp³-hybridized carbons (Fsp3) is 0.0952. The van der Waals surface area contributed by atoms with Crippen molar-refractivity contribution < 1.29 is 0 Å². The molecule has 1 aliphatic rings. The number of benzene rings is 3. The Bertz CT molecular complexity index is 953. The van der Waals surface area contributed by atoms with Crippen LogP contribution < -0.4 is 5.01 Å². The van der Waals surface area contributed by atoms with Gasteiger partial charge in [-0.15, -0.1) is 0 Å². The van der Waals surface area contributed by atoms with Gasteiger partial charge in [0.25, 0.3) is 0 Å². The number of para-hydroxylation sites is 1. The Kier molecular flexibility index (Phi) is 4.90. The molecule has 0 N–H and O–H groups in total. The van der Waals surface area contributed by atoms with Crippen LogP contribution in [0.2, 0.25) is 15.1 Å². The standard InChI is InChI=1S/C21H15Cl3N2/c22-15-8-6-14(7-9-15)20-13-21(18-11-10-16(23)12-19(18)24)26(25-20)17-4-2-1-3-5-17/h1-12,21H,13H2/t21-/m0/s1. The van der Waals surface area contributed by atoms with Crippen molar-refractivity contribution in [3.63, 3.8) is 0 Å². The van der Waals surface area contributed by atoms with E-state index in [0.717, 1.165) is 28.9 Å². The van der Waals surface area contributed by atoms with Crippen LogP contribution in [0.5, 0.6) is 0 Å². The zero-order valence-corrected chi connectivity index (χ0v) is 16.0.